The molecule has 5 nitrogen and oxygen atoms in total. The second-order valence-corrected chi connectivity index (χ2v) is 1.54. The molecule has 0 bridgehead atoms. The van der Waals surface area contributed by atoms with Gasteiger partial charge < -0.3 is 26.5 Å². The van der Waals surface area contributed by atoms with Crippen molar-refractivity contribution in [2.75, 3.05) is 0 Å². The van der Waals surface area contributed by atoms with Gasteiger partial charge >= 0.3 is 7.82 Å². The minimum Gasteiger partial charge on any atom is -0.512 e. The van der Waals surface area contributed by atoms with Crippen LogP contribution in [0.3, 0.4) is 0 Å². The highest BCUT2D eigenvalue weighted by molar-refractivity contribution is 7.45. The van der Waals surface area contributed by atoms with Crippen LogP contribution in [0.2, 0.25) is 0 Å². The monoisotopic (exact) mass is 124 g/mol. The average Bonchev–Trinajstić information content (AvgIpc) is 1.36. The lowest BCUT2D eigenvalue weighted by atomic mass is 11.9. The number of phosphoric acid groups is 1. The van der Waals surface area contributed by atoms with Gasteiger partial charge in [-0.15, -0.1) is 0 Å². The van der Waals surface area contributed by atoms with Crippen molar-refractivity contribution in [2.45, 2.75) is 0 Å². The molecule has 0 aliphatic heterocycles. The lowest BCUT2D eigenvalue weighted by Gasteiger charge is -1.82. The Balaban J connectivity index is 0. The van der Waals surface area contributed by atoms with Gasteiger partial charge in [0.1, 0.15) is 0 Å². The molecule has 0 saturated heterocycles. The van der Waals surface area contributed by atoms with Crippen LogP contribution in [-0.2, 0) is 4.57 Å². The SMILES string of the molecule is O=P(O)(O)O.[C-]#N. The number of rotatable bonds is 0. The summed E-state index contributed by atoms with van der Waals surface area (Å²) in [6.45, 7) is 4.75. The molecular weight excluding hydrogens is 121 g/mol. The van der Waals surface area contributed by atoms with Crippen LogP contribution >= 0.6 is 7.82 Å². The predicted molar refractivity (Wildman–Crippen MR) is 19.2 cm³/mol. The molecule has 0 spiro atoms. The summed E-state index contributed by atoms with van der Waals surface area (Å²) in [6, 6.07) is 0. The largest absolute Gasteiger partial charge is 0.512 e. The third-order valence-corrected chi connectivity index (χ3v) is 0. The van der Waals surface area contributed by atoms with Gasteiger partial charge in [-0.25, -0.2) is 4.57 Å². The first-order chi connectivity index (χ1) is 3.00. The second-order valence-electron chi connectivity index (χ2n) is 0.513. The molecule has 0 rings (SSSR count). The standard InChI is InChI=1S/CN.H3O4P/c1-2;1-5(2,3)4/h;(H3,1,2,3,4)/q-1;. The molecule has 0 atom stereocenters. The lowest BCUT2D eigenvalue weighted by Crippen LogP contribution is -1.66. The first-order valence-corrected chi connectivity index (χ1v) is 2.57. The highest BCUT2D eigenvalue weighted by Crippen LogP contribution is 2.25. The zero-order valence-corrected chi connectivity index (χ0v) is 4.04. The highest BCUT2D eigenvalue weighted by atomic mass is 31.2. The summed E-state index contributed by atoms with van der Waals surface area (Å²) in [5, 5.41) is 6.25. The van der Waals surface area contributed by atoms with Crippen LogP contribution in [-0.4, -0.2) is 14.7 Å². The summed E-state index contributed by atoms with van der Waals surface area (Å²) in [7, 11) is -4.64. The number of hydrogen-bond acceptors (Lipinski definition) is 2. The summed E-state index contributed by atoms with van der Waals surface area (Å²) in [5.41, 5.74) is 0. The van der Waals surface area contributed by atoms with Crippen LogP contribution in [0, 0.1) is 11.8 Å². The van der Waals surface area contributed by atoms with Crippen molar-refractivity contribution in [3.63, 3.8) is 0 Å². The molecule has 0 amide bonds. The van der Waals surface area contributed by atoms with Crippen LogP contribution < -0.4 is 0 Å². The molecule has 6 heteroatoms. The Hall–Kier alpha value is -0.400. The normalized spacial score (nSPS) is 8.71. The molecule has 0 heterocycles. The molecule has 0 aromatic heterocycles. The lowest BCUT2D eigenvalue weighted by molar-refractivity contribution is 0.275. The maximum absolute atomic E-state index is 8.88. The molecule has 0 saturated carbocycles. The molecule has 0 radical (unpaired) electrons. The molecule has 0 aliphatic carbocycles. The third kappa shape index (κ3) is 454. The van der Waals surface area contributed by atoms with E-state index in [1.165, 1.54) is 0 Å². The average molecular weight is 124 g/mol. The fraction of sp³-hybridized carbons (Fsp3) is 0. The fourth-order valence-corrected chi connectivity index (χ4v) is 0. The zero-order valence-electron chi connectivity index (χ0n) is 3.14. The van der Waals surface area contributed by atoms with E-state index in [0.29, 0.717) is 0 Å². The van der Waals surface area contributed by atoms with Crippen molar-refractivity contribution in [3.8, 4) is 0 Å². The molecule has 42 valence electrons. The Morgan fingerprint density at radius 1 is 1.29 bits per heavy atom. The van der Waals surface area contributed by atoms with Crippen molar-refractivity contribution in [1.82, 2.24) is 0 Å². The first-order valence-electron chi connectivity index (χ1n) is 1.01. The summed E-state index contributed by atoms with van der Waals surface area (Å²) < 4.78 is 8.88. The van der Waals surface area contributed by atoms with E-state index < -0.39 is 7.82 Å². The summed E-state index contributed by atoms with van der Waals surface area (Å²) in [5.74, 6) is 0. The molecular formula is CH3NO4P-. The van der Waals surface area contributed by atoms with E-state index in [1.54, 1.807) is 0 Å². The van der Waals surface area contributed by atoms with E-state index in [2.05, 4.69) is 0 Å². The van der Waals surface area contributed by atoms with Crippen molar-refractivity contribution in [2.24, 2.45) is 0 Å². The van der Waals surface area contributed by atoms with Gasteiger partial charge in [-0.3, -0.25) is 0 Å². The van der Waals surface area contributed by atoms with E-state index in [0.717, 1.165) is 0 Å². The van der Waals surface area contributed by atoms with E-state index in [1.807, 2.05) is 0 Å². The Kier molecular flexibility index (Phi) is 5.28. The van der Waals surface area contributed by atoms with Crippen molar-refractivity contribution in [1.29, 1.82) is 5.26 Å². The maximum atomic E-state index is 8.88. The third-order valence-electron chi connectivity index (χ3n) is 0. The van der Waals surface area contributed by atoms with E-state index >= 15 is 0 Å². The van der Waals surface area contributed by atoms with Gasteiger partial charge in [-0.1, -0.05) is 0 Å². The Morgan fingerprint density at radius 2 is 1.29 bits per heavy atom. The van der Waals surface area contributed by atoms with Crippen molar-refractivity contribution in [3.05, 3.63) is 6.57 Å². The van der Waals surface area contributed by atoms with Gasteiger partial charge in [0.25, 0.3) is 0 Å². The Morgan fingerprint density at radius 3 is 1.29 bits per heavy atom. The van der Waals surface area contributed by atoms with Crippen LogP contribution in [0.15, 0.2) is 0 Å². The second kappa shape index (κ2) is 3.78. The van der Waals surface area contributed by atoms with Crippen LogP contribution in [0.1, 0.15) is 0 Å². The molecule has 0 aliphatic rings. The first kappa shape index (κ1) is 9.78. The predicted octanol–water partition coefficient (Wildman–Crippen LogP) is -0.832. The van der Waals surface area contributed by atoms with Crippen LogP contribution in [0.25, 0.3) is 0 Å². The minimum atomic E-state index is -4.64. The van der Waals surface area contributed by atoms with Crippen LogP contribution in [0.4, 0.5) is 0 Å². The van der Waals surface area contributed by atoms with E-state index in [4.69, 9.17) is 31.1 Å². The number of hydrogen-bond donors (Lipinski definition) is 3. The number of nitrogens with zero attached hydrogens (tertiary/aromatic N) is 1. The molecule has 0 fully saturated rings. The quantitative estimate of drug-likeness (QED) is 0.289. The zero-order chi connectivity index (χ0) is 6.50. The van der Waals surface area contributed by atoms with Gasteiger partial charge in [0.2, 0.25) is 0 Å². The van der Waals surface area contributed by atoms with Crippen molar-refractivity contribution < 1.29 is 19.2 Å². The highest BCUT2D eigenvalue weighted by Gasteiger charge is 2.00. The fourth-order valence-electron chi connectivity index (χ4n) is 0. The van der Waals surface area contributed by atoms with E-state index in [9.17, 15) is 0 Å². The summed E-state index contributed by atoms with van der Waals surface area (Å²) in [4.78, 5) is 21.6. The summed E-state index contributed by atoms with van der Waals surface area (Å²) >= 11 is 0. The minimum absolute atomic E-state index is 4.64. The topological polar surface area (TPSA) is 102 Å². The smallest absolute Gasteiger partial charge is 0.466 e. The summed E-state index contributed by atoms with van der Waals surface area (Å²) in [6.07, 6.45) is 0. The molecule has 3 N–H and O–H groups in total. The van der Waals surface area contributed by atoms with Gasteiger partial charge in [-0.05, 0) is 0 Å². The maximum Gasteiger partial charge on any atom is 0.466 e. The van der Waals surface area contributed by atoms with Gasteiger partial charge in [-0.2, -0.15) is 0 Å². The molecule has 0 unspecified atom stereocenters. The van der Waals surface area contributed by atoms with Gasteiger partial charge in [0.15, 0.2) is 0 Å². The molecule has 0 aromatic rings. The van der Waals surface area contributed by atoms with Gasteiger partial charge in [0.05, 0.1) is 0 Å². The van der Waals surface area contributed by atoms with Gasteiger partial charge in [0, 0.05) is 0 Å². The molecule has 0 aromatic carbocycles. The Labute approximate surface area is 40.1 Å². The van der Waals surface area contributed by atoms with Crippen molar-refractivity contribution >= 4 is 7.82 Å². The Bertz CT molecular complexity index is 82.8. The molecule has 7 heavy (non-hydrogen) atoms. The van der Waals surface area contributed by atoms with Crippen LogP contribution in [0.5, 0.6) is 0 Å². The van der Waals surface area contributed by atoms with E-state index in [-0.39, 0.29) is 0 Å².